The SMILES string of the molecule is N#CC1(c2cc(Br)c[nH]c2=O)Cc2ccccc2C1. The normalized spacial score (nSPS) is 15.8. The van der Waals surface area contributed by atoms with Gasteiger partial charge in [-0.25, -0.2) is 0 Å². The minimum atomic E-state index is -0.749. The number of nitrogens with one attached hydrogen (secondary N) is 1. The number of hydrogen-bond donors (Lipinski definition) is 1. The average molecular weight is 315 g/mol. The van der Waals surface area contributed by atoms with Gasteiger partial charge in [0.25, 0.3) is 5.56 Å². The van der Waals surface area contributed by atoms with Crippen molar-refractivity contribution in [1.29, 1.82) is 5.26 Å². The number of nitriles is 1. The fourth-order valence-electron chi connectivity index (χ4n) is 2.76. The van der Waals surface area contributed by atoms with E-state index in [0.717, 1.165) is 15.6 Å². The van der Waals surface area contributed by atoms with Gasteiger partial charge in [-0.1, -0.05) is 24.3 Å². The van der Waals surface area contributed by atoms with Crippen molar-refractivity contribution in [3.8, 4) is 6.07 Å². The molecule has 1 aliphatic rings. The Morgan fingerprint density at radius 2 is 1.89 bits per heavy atom. The molecule has 94 valence electrons. The molecule has 0 saturated carbocycles. The Balaban J connectivity index is 2.16. The first-order valence-corrected chi connectivity index (χ1v) is 6.81. The van der Waals surface area contributed by atoms with Gasteiger partial charge < -0.3 is 4.98 Å². The van der Waals surface area contributed by atoms with Crippen LogP contribution in [0.1, 0.15) is 16.7 Å². The molecule has 1 aliphatic carbocycles. The number of aromatic nitrogens is 1. The van der Waals surface area contributed by atoms with Gasteiger partial charge in [0, 0.05) is 16.2 Å². The molecule has 1 N–H and O–H groups in total. The van der Waals surface area contributed by atoms with Crippen LogP contribution in [0.25, 0.3) is 0 Å². The largest absolute Gasteiger partial charge is 0.328 e. The van der Waals surface area contributed by atoms with Gasteiger partial charge in [0.2, 0.25) is 0 Å². The number of nitrogens with zero attached hydrogens (tertiary/aromatic N) is 1. The monoisotopic (exact) mass is 314 g/mol. The molecule has 0 amide bonds. The number of fused-ring (bicyclic) bond motifs is 1. The lowest BCUT2D eigenvalue weighted by Crippen LogP contribution is -2.32. The molecule has 0 aliphatic heterocycles. The van der Waals surface area contributed by atoms with E-state index >= 15 is 0 Å². The summed E-state index contributed by atoms with van der Waals surface area (Å²) in [6.45, 7) is 0. The van der Waals surface area contributed by atoms with E-state index in [-0.39, 0.29) is 5.56 Å². The third-order valence-electron chi connectivity index (χ3n) is 3.70. The molecule has 1 aromatic carbocycles. The zero-order valence-electron chi connectivity index (χ0n) is 10.1. The minimum absolute atomic E-state index is 0.183. The van der Waals surface area contributed by atoms with Crippen molar-refractivity contribution in [3.05, 3.63) is 68.0 Å². The van der Waals surface area contributed by atoms with Crippen LogP contribution in [0.2, 0.25) is 0 Å². The van der Waals surface area contributed by atoms with Crippen LogP contribution in [0.4, 0.5) is 0 Å². The fourth-order valence-corrected chi connectivity index (χ4v) is 3.10. The lowest BCUT2D eigenvalue weighted by molar-refractivity contribution is 0.578. The first-order chi connectivity index (χ1) is 9.14. The number of rotatable bonds is 1. The van der Waals surface area contributed by atoms with Gasteiger partial charge in [0.15, 0.2) is 0 Å². The predicted molar refractivity (Wildman–Crippen MR) is 75.9 cm³/mol. The Morgan fingerprint density at radius 1 is 1.26 bits per heavy atom. The Bertz CT molecular complexity index is 717. The Hall–Kier alpha value is -1.86. The van der Waals surface area contributed by atoms with Gasteiger partial charge in [0.1, 0.15) is 0 Å². The van der Waals surface area contributed by atoms with E-state index < -0.39 is 5.41 Å². The summed E-state index contributed by atoms with van der Waals surface area (Å²) >= 11 is 3.35. The lowest BCUT2D eigenvalue weighted by Gasteiger charge is -2.19. The zero-order chi connectivity index (χ0) is 13.5. The third kappa shape index (κ3) is 1.91. The number of benzene rings is 1. The first kappa shape index (κ1) is 12.2. The number of halogens is 1. The van der Waals surface area contributed by atoms with Crippen LogP contribution in [-0.4, -0.2) is 4.98 Å². The maximum Gasteiger partial charge on any atom is 0.252 e. The molecule has 0 unspecified atom stereocenters. The summed E-state index contributed by atoms with van der Waals surface area (Å²) in [7, 11) is 0. The molecule has 0 atom stereocenters. The first-order valence-electron chi connectivity index (χ1n) is 6.01. The highest BCUT2D eigenvalue weighted by atomic mass is 79.9. The predicted octanol–water partition coefficient (Wildman–Crippen LogP) is 2.70. The Labute approximate surface area is 119 Å². The molecule has 0 fully saturated rings. The van der Waals surface area contributed by atoms with E-state index in [1.165, 1.54) is 0 Å². The van der Waals surface area contributed by atoms with E-state index in [2.05, 4.69) is 27.0 Å². The number of H-pyrrole nitrogens is 1. The molecule has 0 bridgehead atoms. The molecule has 2 aromatic rings. The quantitative estimate of drug-likeness (QED) is 0.879. The van der Waals surface area contributed by atoms with Gasteiger partial charge in [-0.2, -0.15) is 5.26 Å². The molecular weight excluding hydrogens is 304 g/mol. The lowest BCUT2D eigenvalue weighted by atomic mass is 9.80. The summed E-state index contributed by atoms with van der Waals surface area (Å²) in [6.07, 6.45) is 2.79. The second kappa shape index (κ2) is 4.36. The van der Waals surface area contributed by atoms with Crippen molar-refractivity contribution in [2.24, 2.45) is 0 Å². The molecule has 0 spiro atoms. The summed E-state index contributed by atoms with van der Waals surface area (Å²) in [5.41, 5.74) is 1.92. The van der Waals surface area contributed by atoms with E-state index in [4.69, 9.17) is 0 Å². The maximum absolute atomic E-state index is 12.0. The Morgan fingerprint density at radius 3 is 2.47 bits per heavy atom. The van der Waals surface area contributed by atoms with E-state index in [1.54, 1.807) is 12.3 Å². The highest BCUT2D eigenvalue weighted by Gasteiger charge is 2.41. The third-order valence-corrected chi connectivity index (χ3v) is 4.16. The van der Waals surface area contributed by atoms with Crippen LogP contribution in [0.5, 0.6) is 0 Å². The number of hydrogen-bond acceptors (Lipinski definition) is 2. The van der Waals surface area contributed by atoms with Crippen LogP contribution >= 0.6 is 15.9 Å². The number of aromatic amines is 1. The molecule has 19 heavy (non-hydrogen) atoms. The summed E-state index contributed by atoms with van der Waals surface area (Å²) in [5.74, 6) is 0. The molecule has 1 heterocycles. The fraction of sp³-hybridized carbons (Fsp3) is 0.200. The smallest absolute Gasteiger partial charge is 0.252 e. The van der Waals surface area contributed by atoms with Crippen molar-refractivity contribution < 1.29 is 0 Å². The van der Waals surface area contributed by atoms with E-state index in [9.17, 15) is 10.1 Å². The summed E-state index contributed by atoms with van der Waals surface area (Å²) < 4.78 is 0.785. The second-order valence-electron chi connectivity index (χ2n) is 4.88. The topological polar surface area (TPSA) is 56.6 Å². The maximum atomic E-state index is 12.0. The van der Waals surface area contributed by atoms with Crippen LogP contribution < -0.4 is 5.56 Å². The highest BCUT2D eigenvalue weighted by Crippen LogP contribution is 2.38. The van der Waals surface area contributed by atoms with Crippen LogP contribution in [0.15, 0.2) is 45.8 Å². The van der Waals surface area contributed by atoms with Crippen LogP contribution in [0, 0.1) is 11.3 Å². The molecule has 3 rings (SSSR count). The molecule has 0 saturated heterocycles. The van der Waals surface area contributed by atoms with Crippen molar-refractivity contribution in [2.45, 2.75) is 18.3 Å². The summed E-state index contributed by atoms with van der Waals surface area (Å²) in [4.78, 5) is 14.7. The van der Waals surface area contributed by atoms with Gasteiger partial charge in [-0.3, -0.25) is 4.79 Å². The highest BCUT2D eigenvalue weighted by molar-refractivity contribution is 9.10. The van der Waals surface area contributed by atoms with E-state index in [0.29, 0.717) is 18.4 Å². The molecule has 0 radical (unpaired) electrons. The van der Waals surface area contributed by atoms with Crippen molar-refractivity contribution in [3.63, 3.8) is 0 Å². The van der Waals surface area contributed by atoms with Gasteiger partial charge in [0.05, 0.1) is 11.5 Å². The average Bonchev–Trinajstić information content (AvgIpc) is 2.81. The van der Waals surface area contributed by atoms with Gasteiger partial charge in [-0.15, -0.1) is 0 Å². The molecule has 3 nitrogen and oxygen atoms in total. The Kier molecular flexibility index (Phi) is 2.79. The molecular formula is C15H11BrN2O. The minimum Gasteiger partial charge on any atom is -0.328 e. The second-order valence-corrected chi connectivity index (χ2v) is 5.79. The zero-order valence-corrected chi connectivity index (χ0v) is 11.7. The van der Waals surface area contributed by atoms with E-state index in [1.807, 2.05) is 24.3 Å². The summed E-state index contributed by atoms with van der Waals surface area (Å²) in [6, 6.07) is 12.1. The standard InChI is InChI=1S/C15H11BrN2O/c16-12-5-13(14(19)18-8-12)15(9-17)6-10-3-1-2-4-11(10)7-15/h1-5,8H,6-7H2,(H,18,19). The van der Waals surface area contributed by atoms with Crippen molar-refractivity contribution in [2.75, 3.05) is 0 Å². The molecule has 4 heteroatoms. The van der Waals surface area contributed by atoms with Crippen molar-refractivity contribution in [1.82, 2.24) is 4.98 Å². The number of pyridine rings is 1. The van der Waals surface area contributed by atoms with Crippen LogP contribution in [0.3, 0.4) is 0 Å². The van der Waals surface area contributed by atoms with Gasteiger partial charge >= 0.3 is 0 Å². The molecule has 1 aromatic heterocycles. The van der Waals surface area contributed by atoms with Gasteiger partial charge in [-0.05, 0) is 46.0 Å². The van der Waals surface area contributed by atoms with Crippen LogP contribution in [-0.2, 0) is 18.3 Å². The summed E-state index contributed by atoms with van der Waals surface area (Å²) in [5, 5.41) is 9.64. The van der Waals surface area contributed by atoms with Crippen molar-refractivity contribution >= 4 is 15.9 Å².